The van der Waals surface area contributed by atoms with Crippen molar-refractivity contribution in [2.45, 2.75) is 25.8 Å². The number of nitrogens with zero attached hydrogens (tertiary/aromatic N) is 3. The Balaban J connectivity index is 1.54. The number of nitrogens with one attached hydrogen (secondary N) is 1. The maximum Gasteiger partial charge on any atom is 0.227 e. The third-order valence-corrected chi connectivity index (χ3v) is 3.75. The van der Waals surface area contributed by atoms with Gasteiger partial charge in [-0.15, -0.1) is 0 Å². The average Bonchev–Trinajstić information content (AvgIpc) is 3.12. The number of hydrogen-bond acceptors (Lipinski definition) is 5. The molecule has 6 nitrogen and oxygen atoms in total. The summed E-state index contributed by atoms with van der Waals surface area (Å²) < 4.78 is 31.4. The number of hydrogen-bond donors (Lipinski definition) is 1. The molecule has 0 bridgehead atoms. The Bertz CT molecular complexity index is 899. The van der Waals surface area contributed by atoms with Crippen molar-refractivity contribution in [3.8, 4) is 11.5 Å². The van der Waals surface area contributed by atoms with Gasteiger partial charge in [0.2, 0.25) is 17.6 Å². The molecule has 3 rings (SSSR count). The molecule has 0 saturated heterocycles. The zero-order chi connectivity index (χ0) is 18.5. The quantitative estimate of drug-likeness (QED) is 0.732. The molecule has 0 radical (unpaired) electrons. The van der Waals surface area contributed by atoms with Crippen molar-refractivity contribution in [3.63, 3.8) is 0 Å². The van der Waals surface area contributed by atoms with Gasteiger partial charge in [0, 0.05) is 19.0 Å². The zero-order valence-electron chi connectivity index (χ0n) is 13.9. The van der Waals surface area contributed by atoms with Crippen LogP contribution in [-0.4, -0.2) is 21.0 Å². The van der Waals surface area contributed by atoms with Gasteiger partial charge < -0.3 is 9.84 Å². The van der Waals surface area contributed by atoms with Crippen LogP contribution < -0.4 is 5.32 Å². The highest BCUT2D eigenvalue weighted by Crippen LogP contribution is 2.16. The van der Waals surface area contributed by atoms with Crippen molar-refractivity contribution in [2.24, 2.45) is 0 Å². The zero-order valence-corrected chi connectivity index (χ0v) is 13.9. The monoisotopic (exact) mass is 358 g/mol. The van der Waals surface area contributed by atoms with Gasteiger partial charge >= 0.3 is 0 Å². The molecule has 0 aliphatic carbocycles. The molecule has 2 heterocycles. The molecule has 8 heteroatoms. The van der Waals surface area contributed by atoms with Crippen molar-refractivity contribution in [3.05, 3.63) is 65.7 Å². The summed E-state index contributed by atoms with van der Waals surface area (Å²) in [5, 5.41) is 6.55. The molecule has 0 aliphatic heterocycles. The topological polar surface area (TPSA) is 80.9 Å². The second-order valence-corrected chi connectivity index (χ2v) is 5.69. The van der Waals surface area contributed by atoms with E-state index in [0.29, 0.717) is 23.0 Å². The van der Waals surface area contributed by atoms with E-state index in [4.69, 9.17) is 4.52 Å². The van der Waals surface area contributed by atoms with E-state index in [1.807, 2.05) is 6.07 Å². The smallest absolute Gasteiger partial charge is 0.227 e. The molecule has 0 spiro atoms. The van der Waals surface area contributed by atoms with Crippen molar-refractivity contribution < 1.29 is 18.1 Å². The van der Waals surface area contributed by atoms with E-state index >= 15 is 0 Å². The molecule has 1 aromatic carbocycles. The molecule has 2 aromatic heterocycles. The number of pyridine rings is 1. The first-order valence-corrected chi connectivity index (χ1v) is 8.01. The second-order valence-electron chi connectivity index (χ2n) is 5.69. The van der Waals surface area contributed by atoms with Gasteiger partial charge in [-0.25, -0.2) is 8.78 Å². The van der Waals surface area contributed by atoms with Crippen LogP contribution >= 0.6 is 0 Å². The van der Waals surface area contributed by atoms with Gasteiger partial charge in [-0.05, 0) is 36.8 Å². The molecular weight excluding hydrogens is 342 g/mol. The van der Waals surface area contributed by atoms with Crippen LogP contribution in [0.5, 0.6) is 0 Å². The summed E-state index contributed by atoms with van der Waals surface area (Å²) in [7, 11) is 0. The third kappa shape index (κ3) is 4.27. The first-order chi connectivity index (χ1) is 12.5. The van der Waals surface area contributed by atoms with E-state index in [9.17, 15) is 13.6 Å². The number of carbonyl (C=O) groups is 1. The summed E-state index contributed by atoms with van der Waals surface area (Å²) in [6.07, 6.45) is 2.01. The standard InChI is InChI=1S/C18H16F2N4O2/c1-11(12-5-6-13(19)14(20)10-12)22-16(25)7-8-17-23-18(24-26-17)15-4-2-3-9-21-15/h2-6,9-11H,7-8H2,1H3,(H,22,25). The van der Waals surface area contributed by atoms with E-state index < -0.39 is 17.7 Å². The van der Waals surface area contributed by atoms with Crippen LogP contribution in [0.3, 0.4) is 0 Å². The summed E-state index contributed by atoms with van der Waals surface area (Å²) in [6.45, 7) is 1.69. The highest BCUT2D eigenvalue weighted by Gasteiger charge is 2.14. The van der Waals surface area contributed by atoms with Crippen LogP contribution in [0.2, 0.25) is 0 Å². The fourth-order valence-electron chi connectivity index (χ4n) is 2.35. The number of carbonyl (C=O) groups excluding carboxylic acids is 1. The Morgan fingerprint density at radius 1 is 1.23 bits per heavy atom. The van der Waals surface area contributed by atoms with E-state index in [1.165, 1.54) is 6.07 Å². The van der Waals surface area contributed by atoms with Crippen LogP contribution in [0.4, 0.5) is 8.78 Å². The van der Waals surface area contributed by atoms with Gasteiger partial charge in [0.15, 0.2) is 11.6 Å². The Hall–Kier alpha value is -3.16. The van der Waals surface area contributed by atoms with Crippen LogP contribution in [0, 0.1) is 11.6 Å². The minimum absolute atomic E-state index is 0.123. The number of amides is 1. The molecule has 3 aromatic rings. The van der Waals surface area contributed by atoms with Gasteiger partial charge in [0.25, 0.3) is 0 Å². The SMILES string of the molecule is CC(NC(=O)CCc1nc(-c2ccccn2)no1)c1ccc(F)c(F)c1. The highest BCUT2D eigenvalue weighted by atomic mass is 19.2. The number of benzene rings is 1. The predicted octanol–water partition coefficient (Wildman–Crippen LogP) is 3.22. The van der Waals surface area contributed by atoms with Crippen LogP contribution in [0.25, 0.3) is 11.5 Å². The lowest BCUT2D eigenvalue weighted by Crippen LogP contribution is -2.27. The molecule has 0 saturated carbocycles. The molecule has 1 unspecified atom stereocenters. The Labute approximate surface area is 148 Å². The lowest BCUT2D eigenvalue weighted by atomic mass is 10.1. The van der Waals surface area contributed by atoms with Crippen molar-refractivity contribution in [2.75, 3.05) is 0 Å². The molecular formula is C18H16F2N4O2. The van der Waals surface area contributed by atoms with Crippen molar-refractivity contribution in [1.29, 1.82) is 0 Å². The van der Waals surface area contributed by atoms with E-state index in [2.05, 4.69) is 20.4 Å². The molecule has 0 aliphatic rings. The number of aryl methyl sites for hydroxylation is 1. The first-order valence-electron chi connectivity index (χ1n) is 8.01. The summed E-state index contributed by atoms with van der Waals surface area (Å²) >= 11 is 0. The summed E-state index contributed by atoms with van der Waals surface area (Å²) in [5.41, 5.74) is 1.06. The Kier molecular flexibility index (Phi) is 5.31. The van der Waals surface area contributed by atoms with Gasteiger partial charge in [-0.1, -0.05) is 17.3 Å². The fraction of sp³-hybridized carbons (Fsp3) is 0.222. The van der Waals surface area contributed by atoms with E-state index in [0.717, 1.165) is 12.1 Å². The molecule has 1 amide bonds. The number of rotatable bonds is 6. The third-order valence-electron chi connectivity index (χ3n) is 3.75. The van der Waals surface area contributed by atoms with Gasteiger partial charge in [0.1, 0.15) is 5.69 Å². The predicted molar refractivity (Wildman–Crippen MR) is 88.8 cm³/mol. The van der Waals surface area contributed by atoms with E-state index in [1.54, 1.807) is 25.3 Å². The second kappa shape index (κ2) is 7.81. The van der Waals surface area contributed by atoms with Gasteiger partial charge in [0.05, 0.1) is 6.04 Å². The van der Waals surface area contributed by atoms with Crippen molar-refractivity contribution >= 4 is 5.91 Å². The number of halogens is 2. The summed E-state index contributed by atoms with van der Waals surface area (Å²) in [6, 6.07) is 8.42. The van der Waals surface area contributed by atoms with Gasteiger partial charge in [-0.2, -0.15) is 4.98 Å². The summed E-state index contributed by atoms with van der Waals surface area (Å²) in [4.78, 5) is 20.4. The van der Waals surface area contributed by atoms with E-state index in [-0.39, 0.29) is 18.7 Å². The molecule has 1 N–H and O–H groups in total. The largest absolute Gasteiger partial charge is 0.350 e. The van der Waals surface area contributed by atoms with Crippen LogP contribution in [-0.2, 0) is 11.2 Å². The highest BCUT2D eigenvalue weighted by molar-refractivity contribution is 5.76. The average molecular weight is 358 g/mol. The van der Waals surface area contributed by atoms with Gasteiger partial charge in [-0.3, -0.25) is 9.78 Å². The summed E-state index contributed by atoms with van der Waals surface area (Å²) in [5.74, 6) is -1.46. The molecule has 134 valence electrons. The fourth-order valence-corrected chi connectivity index (χ4v) is 2.35. The first kappa shape index (κ1) is 17.7. The minimum Gasteiger partial charge on any atom is -0.350 e. The molecule has 1 atom stereocenters. The Morgan fingerprint density at radius 2 is 2.08 bits per heavy atom. The van der Waals surface area contributed by atoms with Crippen LogP contribution in [0.1, 0.15) is 30.8 Å². The van der Waals surface area contributed by atoms with Crippen molar-refractivity contribution in [1.82, 2.24) is 20.4 Å². The lowest BCUT2D eigenvalue weighted by molar-refractivity contribution is -0.121. The normalized spacial score (nSPS) is 12.0. The number of aromatic nitrogens is 3. The Morgan fingerprint density at radius 3 is 2.81 bits per heavy atom. The minimum atomic E-state index is -0.948. The lowest BCUT2D eigenvalue weighted by Gasteiger charge is -2.14. The molecule has 0 fully saturated rings. The van der Waals surface area contributed by atoms with Crippen LogP contribution in [0.15, 0.2) is 47.1 Å². The maximum absolute atomic E-state index is 13.3. The molecule has 26 heavy (non-hydrogen) atoms. The maximum atomic E-state index is 13.3.